The molecule has 0 spiro atoms. The Labute approximate surface area is 122 Å². The molecule has 0 saturated heterocycles. The van der Waals surface area contributed by atoms with Gasteiger partial charge in [-0.2, -0.15) is 0 Å². The maximum absolute atomic E-state index is 12.5. The Hall–Kier alpha value is -2.01. The lowest BCUT2D eigenvalue weighted by atomic mass is 10.2. The number of fused-ring (bicyclic) bond motifs is 1. The fourth-order valence-corrected chi connectivity index (χ4v) is 3.21. The molecule has 0 fully saturated rings. The van der Waals surface area contributed by atoms with Crippen molar-refractivity contribution in [3.8, 4) is 0 Å². The van der Waals surface area contributed by atoms with Crippen LogP contribution in [0.25, 0.3) is 0 Å². The predicted octanol–water partition coefficient (Wildman–Crippen LogP) is 2.35. The van der Waals surface area contributed by atoms with E-state index in [1.54, 1.807) is 30.1 Å². The predicted molar refractivity (Wildman–Crippen MR) is 81.9 cm³/mol. The van der Waals surface area contributed by atoms with Gasteiger partial charge in [0.2, 0.25) is 5.91 Å². The third-order valence-electron chi connectivity index (χ3n) is 3.21. The van der Waals surface area contributed by atoms with Crippen molar-refractivity contribution >= 4 is 29.0 Å². The fraction of sp³-hybridized carbons (Fsp3) is 0.200. The molecule has 0 saturated carbocycles. The zero-order valence-corrected chi connectivity index (χ0v) is 11.8. The van der Waals surface area contributed by atoms with Crippen LogP contribution in [0.15, 0.2) is 47.5 Å². The van der Waals surface area contributed by atoms with E-state index in [4.69, 9.17) is 5.73 Å². The Kier molecular flexibility index (Phi) is 3.60. The summed E-state index contributed by atoms with van der Waals surface area (Å²) in [4.78, 5) is 19.7. The number of nitrogens with two attached hydrogens (primary N) is 1. The van der Waals surface area contributed by atoms with Crippen molar-refractivity contribution in [1.29, 1.82) is 0 Å². The molecule has 2 heterocycles. The molecule has 4 nitrogen and oxygen atoms in total. The van der Waals surface area contributed by atoms with Gasteiger partial charge in [-0.15, -0.1) is 11.8 Å². The standard InChI is InChI=1S/C15H15N3OS/c16-11-5-6-12(17-10-11)9-15(19)18-7-8-20-14-4-2-1-3-13(14)18/h1-6,10H,7-9,16H2. The maximum atomic E-state index is 12.5. The number of hydrogen-bond acceptors (Lipinski definition) is 4. The summed E-state index contributed by atoms with van der Waals surface area (Å²) in [5, 5.41) is 0. The van der Waals surface area contributed by atoms with Crippen molar-refractivity contribution < 1.29 is 4.79 Å². The molecule has 0 bridgehead atoms. The highest BCUT2D eigenvalue weighted by Crippen LogP contribution is 2.34. The van der Waals surface area contributed by atoms with Gasteiger partial charge < -0.3 is 10.6 Å². The topological polar surface area (TPSA) is 59.2 Å². The molecule has 2 aromatic rings. The Balaban J connectivity index is 1.80. The second-order valence-corrected chi connectivity index (χ2v) is 5.76. The van der Waals surface area contributed by atoms with Crippen LogP contribution in [0.5, 0.6) is 0 Å². The summed E-state index contributed by atoms with van der Waals surface area (Å²) < 4.78 is 0. The monoisotopic (exact) mass is 285 g/mol. The molecule has 0 radical (unpaired) electrons. The normalized spacial score (nSPS) is 13.9. The van der Waals surface area contributed by atoms with E-state index in [1.165, 1.54) is 0 Å². The number of carbonyl (C=O) groups excluding carboxylic acids is 1. The van der Waals surface area contributed by atoms with Crippen LogP contribution >= 0.6 is 11.8 Å². The van der Waals surface area contributed by atoms with Crippen LogP contribution < -0.4 is 10.6 Å². The zero-order valence-electron chi connectivity index (χ0n) is 11.0. The molecule has 1 aromatic heterocycles. The van der Waals surface area contributed by atoms with Crippen LogP contribution in [-0.4, -0.2) is 23.2 Å². The summed E-state index contributed by atoms with van der Waals surface area (Å²) in [6.45, 7) is 0.746. The van der Waals surface area contributed by atoms with Crippen molar-refractivity contribution in [3.63, 3.8) is 0 Å². The van der Waals surface area contributed by atoms with Crippen LogP contribution in [0.1, 0.15) is 5.69 Å². The summed E-state index contributed by atoms with van der Waals surface area (Å²) in [5.41, 5.74) is 7.97. The van der Waals surface area contributed by atoms with Gasteiger partial charge in [-0.3, -0.25) is 9.78 Å². The Morgan fingerprint density at radius 2 is 2.15 bits per heavy atom. The van der Waals surface area contributed by atoms with Gasteiger partial charge in [0.05, 0.1) is 24.0 Å². The SMILES string of the molecule is Nc1ccc(CC(=O)N2CCSc3ccccc32)nc1. The van der Waals surface area contributed by atoms with Gasteiger partial charge >= 0.3 is 0 Å². The third kappa shape index (κ3) is 2.63. The van der Waals surface area contributed by atoms with Crippen molar-refractivity contribution in [2.45, 2.75) is 11.3 Å². The summed E-state index contributed by atoms with van der Waals surface area (Å²) >= 11 is 1.79. The van der Waals surface area contributed by atoms with Crippen LogP contribution in [-0.2, 0) is 11.2 Å². The minimum atomic E-state index is 0.0787. The van der Waals surface area contributed by atoms with Gasteiger partial charge in [-0.1, -0.05) is 12.1 Å². The van der Waals surface area contributed by atoms with E-state index < -0.39 is 0 Å². The van der Waals surface area contributed by atoms with E-state index in [9.17, 15) is 4.79 Å². The molecule has 1 aliphatic heterocycles. The summed E-state index contributed by atoms with van der Waals surface area (Å²) in [5.74, 6) is 1.01. The van der Waals surface area contributed by atoms with E-state index in [1.807, 2.05) is 23.1 Å². The second kappa shape index (κ2) is 5.54. The van der Waals surface area contributed by atoms with E-state index in [0.717, 1.165) is 28.6 Å². The fourth-order valence-electron chi connectivity index (χ4n) is 2.22. The van der Waals surface area contributed by atoms with E-state index in [0.29, 0.717) is 12.1 Å². The number of para-hydroxylation sites is 1. The number of aromatic nitrogens is 1. The third-order valence-corrected chi connectivity index (χ3v) is 4.25. The first-order chi connectivity index (χ1) is 9.74. The minimum Gasteiger partial charge on any atom is -0.397 e. The maximum Gasteiger partial charge on any atom is 0.233 e. The van der Waals surface area contributed by atoms with Crippen molar-refractivity contribution in [2.24, 2.45) is 0 Å². The van der Waals surface area contributed by atoms with E-state index in [2.05, 4.69) is 11.1 Å². The van der Waals surface area contributed by atoms with Crippen LogP contribution in [0.4, 0.5) is 11.4 Å². The number of benzene rings is 1. The largest absolute Gasteiger partial charge is 0.397 e. The molecule has 1 amide bonds. The van der Waals surface area contributed by atoms with E-state index in [-0.39, 0.29) is 5.91 Å². The lowest BCUT2D eigenvalue weighted by Gasteiger charge is -2.28. The molecule has 102 valence electrons. The number of nitrogen functional groups attached to an aromatic ring is 1. The van der Waals surface area contributed by atoms with Crippen LogP contribution in [0.2, 0.25) is 0 Å². The molecule has 0 unspecified atom stereocenters. The number of hydrogen-bond donors (Lipinski definition) is 1. The minimum absolute atomic E-state index is 0.0787. The Morgan fingerprint density at radius 3 is 2.95 bits per heavy atom. The number of anilines is 2. The Bertz CT molecular complexity index is 627. The molecule has 0 atom stereocenters. The number of pyridine rings is 1. The molecule has 3 rings (SSSR count). The molecule has 20 heavy (non-hydrogen) atoms. The molecule has 2 N–H and O–H groups in total. The quantitative estimate of drug-likeness (QED) is 0.920. The molecular formula is C15H15N3OS. The Morgan fingerprint density at radius 1 is 1.30 bits per heavy atom. The van der Waals surface area contributed by atoms with Gasteiger partial charge in [0.25, 0.3) is 0 Å². The molecule has 0 aliphatic carbocycles. The lowest BCUT2D eigenvalue weighted by molar-refractivity contribution is -0.118. The lowest BCUT2D eigenvalue weighted by Crippen LogP contribution is -2.36. The van der Waals surface area contributed by atoms with Crippen molar-refractivity contribution in [2.75, 3.05) is 22.9 Å². The van der Waals surface area contributed by atoms with Gasteiger partial charge in [0.15, 0.2) is 0 Å². The highest BCUT2D eigenvalue weighted by molar-refractivity contribution is 7.99. The summed E-state index contributed by atoms with van der Waals surface area (Å²) in [6, 6.07) is 11.6. The molecule has 5 heteroatoms. The van der Waals surface area contributed by atoms with Gasteiger partial charge in [0, 0.05) is 22.9 Å². The van der Waals surface area contributed by atoms with Crippen LogP contribution in [0, 0.1) is 0 Å². The average molecular weight is 285 g/mol. The first-order valence-electron chi connectivity index (χ1n) is 6.46. The highest BCUT2D eigenvalue weighted by atomic mass is 32.2. The van der Waals surface area contributed by atoms with Crippen molar-refractivity contribution in [1.82, 2.24) is 4.98 Å². The number of rotatable bonds is 2. The van der Waals surface area contributed by atoms with Gasteiger partial charge in [0.1, 0.15) is 0 Å². The van der Waals surface area contributed by atoms with Gasteiger partial charge in [-0.25, -0.2) is 0 Å². The summed E-state index contributed by atoms with van der Waals surface area (Å²) in [7, 11) is 0. The molecule has 1 aliphatic rings. The second-order valence-electron chi connectivity index (χ2n) is 4.62. The number of amides is 1. The van der Waals surface area contributed by atoms with Gasteiger partial charge in [-0.05, 0) is 24.3 Å². The van der Waals surface area contributed by atoms with E-state index >= 15 is 0 Å². The van der Waals surface area contributed by atoms with Crippen molar-refractivity contribution in [3.05, 3.63) is 48.3 Å². The smallest absolute Gasteiger partial charge is 0.233 e. The number of thioether (sulfide) groups is 1. The zero-order chi connectivity index (χ0) is 13.9. The summed E-state index contributed by atoms with van der Waals surface area (Å²) in [6.07, 6.45) is 1.89. The number of carbonyl (C=O) groups is 1. The molecular weight excluding hydrogens is 270 g/mol. The first-order valence-corrected chi connectivity index (χ1v) is 7.45. The van der Waals surface area contributed by atoms with Crippen LogP contribution in [0.3, 0.4) is 0 Å². The number of nitrogens with zero attached hydrogens (tertiary/aromatic N) is 2. The average Bonchev–Trinajstić information content (AvgIpc) is 2.49. The first kappa shape index (κ1) is 13.0. The molecule has 1 aromatic carbocycles. The highest BCUT2D eigenvalue weighted by Gasteiger charge is 2.22.